The Balaban J connectivity index is 1.89. The van der Waals surface area contributed by atoms with E-state index in [2.05, 4.69) is 17.6 Å². The molecule has 0 aromatic rings. The molecule has 3 saturated heterocycles. The number of unbranched alkanes of at least 4 members (excludes halogenated alkanes) is 4. The second-order valence-electron chi connectivity index (χ2n) is 9.94. The highest BCUT2D eigenvalue weighted by molar-refractivity contribution is 5.99. The molecule has 3 fully saturated rings. The first kappa shape index (κ1) is 25.9. The van der Waals surface area contributed by atoms with E-state index in [1.165, 1.54) is 0 Å². The third kappa shape index (κ3) is 4.65. The predicted octanol–water partition coefficient (Wildman–Crippen LogP) is 2.14. The summed E-state index contributed by atoms with van der Waals surface area (Å²) in [6.07, 6.45) is 7.92. The first-order valence-electron chi connectivity index (χ1n) is 13.1. The molecule has 3 aliphatic rings. The SMILES string of the molecule is CCCCNC(=O)C1N(CCCCCCO)C(=O)[C@@H]2[C@H](C(=O)NCCC)[C@]3(CC)CCC12O3. The number of carbonyl (C=O) groups is 3. The summed E-state index contributed by atoms with van der Waals surface area (Å²) in [6.45, 7) is 7.87. The minimum absolute atomic E-state index is 0.112. The zero-order valence-electron chi connectivity index (χ0n) is 20.7. The summed E-state index contributed by atoms with van der Waals surface area (Å²) in [4.78, 5) is 42.3. The van der Waals surface area contributed by atoms with Gasteiger partial charge in [0.15, 0.2) is 0 Å². The number of aliphatic hydroxyl groups excluding tert-OH is 1. The van der Waals surface area contributed by atoms with Gasteiger partial charge in [0.05, 0.1) is 17.4 Å². The van der Waals surface area contributed by atoms with Crippen LogP contribution < -0.4 is 10.6 Å². The number of amides is 3. The molecule has 5 atom stereocenters. The lowest BCUT2D eigenvalue weighted by Gasteiger charge is -2.34. The smallest absolute Gasteiger partial charge is 0.245 e. The van der Waals surface area contributed by atoms with Crippen LogP contribution in [0.2, 0.25) is 0 Å². The molecule has 3 amide bonds. The van der Waals surface area contributed by atoms with E-state index in [0.717, 1.165) is 44.9 Å². The molecular weight excluding hydrogens is 422 g/mol. The summed E-state index contributed by atoms with van der Waals surface area (Å²) in [5.41, 5.74) is -1.60. The van der Waals surface area contributed by atoms with Crippen LogP contribution in [0.25, 0.3) is 0 Å². The Morgan fingerprint density at radius 3 is 2.39 bits per heavy atom. The molecule has 33 heavy (non-hydrogen) atoms. The van der Waals surface area contributed by atoms with Gasteiger partial charge in [-0.05, 0) is 44.9 Å². The van der Waals surface area contributed by atoms with E-state index >= 15 is 0 Å². The number of nitrogens with zero attached hydrogens (tertiary/aromatic N) is 1. The summed E-state index contributed by atoms with van der Waals surface area (Å²) < 4.78 is 6.70. The molecule has 0 radical (unpaired) electrons. The fraction of sp³-hybridized carbons (Fsp3) is 0.880. The van der Waals surface area contributed by atoms with Crippen molar-refractivity contribution in [2.24, 2.45) is 11.8 Å². The first-order valence-corrected chi connectivity index (χ1v) is 13.1. The second kappa shape index (κ2) is 11.2. The summed E-state index contributed by atoms with van der Waals surface area (Å²) in [5.74, 6) is -1.55. The van der Waals surface area contributed by atoms with Gasteiger partial charge in [-0.15, -0.1) is 0 Å². The van der Waals surface area contributed by atoms with Crippen LogP contribution in [0.4, 0.5) is 0 Å². The topological polar surface area (TPSA) is 108 Å². The molecule has 3 heterocycles. The third-order valence-corrected chi connectivity index (χ3v) is 7.90. The van der Waals surface area contributed by atoms with Gasteiger partial charge in [-0.25, -0.2) is 0 Å². The Hall–Kier alpha value is -1.67. The van der Waals surface area contributed by atoms with Crippen LogP contribution in [0.3, 0.4) is 0 Å². The first-order chi connectivity index (χ1) is 15.9. The van der Waals surface area contributed by atoms with E-state index in [0.29, 0.717) is 38.9 Å². The number of hydrogen-bond donors (Lipinski definition) is 3. The average Bonchev–Trinajstić information content (AvgIpc) is 3.41. The maximum Gasteiger partial charge on any atom is 0.245 e. The van der Waals surface area contributed by atoms with Crippen LogP contribution in [0.5, 0.6) is 0 Å². The zero-order valence-corrected chi connectivity index (χ0v) is 20.7. The van der Waals surface area contributed by atoms with Gasteiger partial charge >= 0.3 is 0 Å². The Bertz CT molecular complexity index is 716. The average molecular weight is 466 g/mol. The molecule has 0 aliphatic carbocycles. The van der Waals surface area contributed by atoms with Gasteiger partial charge in [0.25, 0.3) is 0 Å². The quantitative estimate of drug-likeness (QED) is 0.341. The summed E-state index contributed by atoms with van der Waals surface area (Å²) >= 11 is 0. The fourth-order valence-corrected chi connectivity index (χ4v) is 6.25. The maximum atomic E-state index is 13.8. The van der Waals surface area contributed by atoms with Crippen molar-refractivity contribution in [3.05, 3.63) is 0 Å². The molecule has 2 bridgehead atoms. The fourth-order valence-electron chi connectivity index (χ4n) is 6.25. The van der Waals surface area contributed by atoms with E-state index in [1.54, 1.807) is 4.90 Å². The van der Waals surface area contributed by atoms with E-state index in [1.807, 2.05) is 13.8 Å². The second-order valence-corrected chi connectivity index (χ2v) is 9.94. The number of ether oxygens (including phenoxy) is 1. The lowest BCUT2D eigenvalue weighted by atomic mass is 9.65. The number of likely N-dealkylation sites (tertiary alicyclic amines) is 1. The molecule has 2 unspecified atom stereocenters. The van der Waals surface area contributed by atoms with Crippen LogP contribution in [-0.2, 0) is 19.1 Å². The van der Waals surface area contributed by atoms with E-state index < -0.39 is 29.1 Å². The van der Waals surface area contributed by atoms with Crippen LogP contribution in [0.1, 0.15) is 85.0 Å². The lowest BCUT2D eigenvalue weighted by Crippen LogP contribution is -2.55. The van der Waals surface area contributed by atoms with Crippen molar-refractivity contribution in [2.75, 3.05) is 26.2 Å². The van der Waals surface area contributed by atoms with Crippen molar-refractivity contribution in [1.29, 1.82) is 0 Å². The lowest BCUT2D eigenvalue weighted by molar-refractivity contribution is -0.147. The molecular formula is C25H43N3O5. The molecule has 8 heteroatoms. The Morgan fingerprint density at radius 1 is 1.00 bits per heavy atom. The monoisotopic (exact) mass is 465 g/mol. The standard InChI is InChI=1S/C25H43N3O5/c1-4-7-15-27-22(31)20-25-13-12-24(6-3,33-25)18(21(30)26-14-5-2)19(25)23(32)28(20)16-10-8-9-11-17-29/h18-20,29H,4-17H2,1-3H3,(H,26,30)(H,27,31)/t18-,19+,20?,24+,25?/m1/s1. The largest absolute Gasteiger partial charge is 0.396 e. The van der Waals surface area contributed by atoms with Gasteiger partial charge in [-0.2, -0.15) is 0 Å². The molecule has 8 nitrogen and oxygen atoms in total. The number of fused-ring (bicyclic) bond motifs is 1. The zero-order chi connectivity index (χ0) is 24.1. The third-order valence-electron chi connectivity index (χ3n) is 7.90. The van der Waals surface area contributed by atoms with Crippen molar-refractivity contribution in [2.45, 2.75) is 102 Å². The summed E-state index contributed by atoms with van der Waals surface area (Å²) in [6, 6.07) is -0.693. The number of carbonyl (C=O) groups excluding carboxylic acids is 3. The van der Waals surface area contributed by atoms with E-state index in [-0.39, 0.29) is 24.3 Å². The Labute approximate surface area is 198 Å². The minimum Gasteiger partial charge on any atom is -0.396 e. The molecule has 3 aliphatic heterocycles. The van der Waals surface area contributed by atoms with Crippen LogP contribution in [0, 0.1) is 11.8 Å². The molecule has 3 rings (SSSR count). The molecule has 188 valence electrons. The number of aliphatic hydroxyl groups is 1. The maximum absolute atomic E-state index is 13.8. The van der Waals surface area contributed by atoms with Crippen LogP contribution in [0.15, 0.2) is 0 Å². The van der Waals surface area contributed by atoms with E-state index in [9.17, 15) is 14.4 Å². The summed E-state index contributed by atoms with van der Waals surface area (Å²) in [5, 5.41) is 15.1. The minimum atomic E-state index is -0.928. The van der Waals surface area contributed by atoms with Gasteiger partial charge in [0, 0.05) is 26.2 Å². The highest BCUT2D eigenvalue weighted by atomic mass is 16.5. The highest BCUT2D eigenvalue weighted by Gasteiger charge is 2.78. The van der Waals surface area contributed by atoms with E-state index in [4.69, 9.17) is 9.84 Å². The van der Waals surface area contributed by atoms with Crippen molar-refractivity contribution >= 4 is 17.7 Å². The summed E-state index contributed by atoms with van der Waals surface area (Å²) in [7, 11) is 0. The van der Waals surface area contributed by atoms with Gasteiger partial charge in [-0.1, -0.05) is 40.0 Å². The number of rotatable bonds is 14. The van der Waals surface area contributed by atoms with Gasteiger partial charge in [0.2, 0.25) is 17.7 Å². The predicted molar refractivity (Wildman–Crippen MR) is 125 cm³/mol. The normalized spacial score (nSPS) is 32.3. The Morgan fingerprint density at radius 2 is 1.73 bits per heavy atom. The van der Waals surface area contributed by atoms with Crippen LogP contribution >= 0.6 is 0 Å². The highest BCUT2D eigenvalue weighted by Crippen LogP contribution is 2.64. The molecule has 0 aromatic carbocycles. The molecule has 1 spiro atoms. The van der Waals surface area contributed by atoms with Crippen molar-refractivity contribution < 1.29 is 24.2 Å². The van der Waals surface area contributed by atoms with Gasteiger partial charge in [-0.3, -0.25) is 14.4 Å². The van der Waals surface area contributed by atoms with Gasteiger partial charge in [0.1, 0.15) is 11.6 Å². The molecule has 3 N–H and O–H groups in total. The molecule has 0 saturated carbocycles. The van der Waals surface area contributed by atoms with Crippen molar-refractivity contribution in [3.63, 3.8) is 0 Å². The Kier molecular flexibility index (Phi) is 8.78. The van der Waals surface area contributed by atoms with Crippen molar-refractivity contribution in [3.8, 4) is 0 Å². The molecule has 0 aromatic heterocycles. The van der Waals surface area contributed by atoms with Crippen LogP contribution in [-0.4, -0.2) is 71.2 Å². The van der Waals surface area contributed by atoms with Crippen molar-refractivity contribution in [1.82, 2.24) is 15.5 Å². The van der Waals surface area contributed by atoms with Gasteiger partial charge < -0.3 is 25.4 Å². The number of nitrogens with one attached hydrogen (secondary N) is 2. The number of hydrogen-bond acceptors (Lipinski definition) is 5.